The second kappa shape index (κ2) is 10.5. The molecule has 1 atom stereocenters. The number of sulfonamides is 1. The van der Waals surface area contributed by atoms with Crippen LogP contribution in [0.5, 0.6) is 0 Å². The summed E-state index contributed by atoms with van der Waals surface area (Å²) in [6.45, 7) is 7.13. The van der Waals surface area contributed by atoms with Crippen molar-refractivity contribution >= 4 is 33.4 Å². The van der Waals surface area contributed by atoms with Crippen LogP contribution in [0.3, 0.4) is 0 Å². The van der Waals surface area contributed by atoms with Crippen LogP contribution in [0.2, 0.25) is 0 Å². The number of piperidine rings is 1. The predicted molar refractivity (Wildman–Crippen MR) is 128 cm³/mol. The van der Waals surface area contributed by atoms with E-state index in [1.807, 2.05) is 13.8 Å². The standard InChI is InChI=1S/C25H30N2O6S/c1-16-5-10-23(15-17(16)2)34(31,32)27-13-11-21(12-14-27)25(30)33-18(3)24(29)20-6-8-22(9-7-20)26-19(4)28/h5-10,15,18,21H,11-14H2,1-4H3,(H,26,28)/t18-/m1/s1. The Morgan fingerprint density at radius 1 is 1.00 bits per heavy atom. The number of esters is 1. The van der Waals surface area contributed by atoms with Crippen molar-refractivity contribution in [2.45, 2.75) is 51.5 Å². The Morgan fingerprint density at radius 3 is 2.18 bits per heavy atom. The molecule has 182 valence electrons. The molecule has 1 N–H and O–H groups in total. The van der Waals surface area contributed by atoms with Gasteiger partial charge in [-0.3, -0.25) is 14.4 Å². The van der Waals surface area contributed by atoms with E-state index in [1.165, 1.54) is 18.2 Å². The highest BCUT2D eigenvalue weighted by atomic mass is 32.2. The number of hydrogen-bond acceptors (Lipinski definition) is 6. The smallest absolute Gasteiger partial charge is 0.309 e. The Hall–Kier alpha value is -3.04. The van der Waals surface area contributed by atoms with Gasteiger partial charge in [-0.05, 0) is 81.1 Å². The Balaban J connectivity index is 1.56. The Labute approximate surface area is 200 Å². The minimum atomic E-state index is -3.63. The van der Waals surface area contributed by atoms with Gasteiger partial charge in [-0.2, -0.15) is 4.31 Å². The first kappa shape index (κ1) is 25.6. The summed E-state index contributed by atoms with van der Waals surface area (Å²) in [4.78, 5) is 36.6. The van der Waals surface area contributed by atoms with Crippen molar-refractivity contribution < 1.29 is 27.5 Å². The fourth-order valence-electron chi connectivity index (χ4n) is 3.84. The van der Waals surface area contributed by atoms with E-state index in [2.05, 4.69) is 5.32 Å². The van der Waals surface area contributed by atoms with E-state index >= 15 is 0 Å². The lowest BCUT2D eigenvalue weighted by atomic mass is 9.98. The lowest BCUT2D eigenvalue weighted by Crippen LogP contribution is -2.41. The number of carbonyl (C=O) groups is 3. The highest BCUT2D eigenvalue weighted by Gasteiger charge is 2.34. The molecule has 1 saturated heterocycles. The van der Waals surface area contributed by atoms with Gasteiger partial charge in [0.15, 0.2) is 6.10 Å². The Morgan fingerprint density at radius 2 is 1.62 bits per heavy atom. The van der Waals surface area contributed by atoms with Crippen LogP contribution in [0.25, 0.3) is 0 Å². The summed E-state index contributed by atoms with van der Waals surface area (Å²) in [5, 5.41) is 2.62. The van der Waals surface area contributed by atoms with E-state index in [9.17, 15) is 22.8 Å². The molecule has 1 aliphatic heterocycles. The summed E-state index contributed by atoms with van der Waals surface area (Å²) < 4.78 is 32.8. The number of amides is 1. The summed E-state index contributed by atoms with van der Waals surface area (Å²) in [5.74, 6) is -1.53. The topological polar surface area (TPSA) is 110 Å². The van der Waals surface area contributed by atoms with Crippen LogP contribution >= 0.6 is 0 Å². The van der Waals surface area contributed by atoms with E-state index in [-0.39, 0.29) is 29.7 Å². The normalized spacial score (nSPS) is 16.0. The van der Waals surface area contributed by atoms with Gasteiger partial charge in [0.1, 0.15) is 0 Å². The SMILES string of the molecule is CC(=O)Nc1ccc(C(=O)[C@@H](C)OC(=O)C2CCN(S(=O)(=O)c3ccc(C)c(C)c3)CC2)cc1. The van der Waals surface area contributed by atoms with Crippen molar-refractivity contribution in [3.05, 3.63) is 59.2 Å². The zero-order valence-corrected chi connectivity index (χ0v) is 20.6. The molecule has 0 aliphatic carbocycles. The van der Waals surface area contributed by atoms with Crippen LogP contribution in [0.4, 0.5) is 5.69 Å². The van der Waals surface area contributed by atoms with Gasteiger partial charge in [0.05, 0.1) is 10.8 Å². The summed E-state index contributed by atoms with van der Waals surface area (Å²) in [5.41, 5.74) is 2.86. The molecule has 9 heteroatoms. The van der Waals surface area contributed by atoms with Gasteiger partial charge in [0, 0.05) is 31.3 Å². The van der Waals surface area contributed by atoms with E-state index in [4.69, 9.17) is 4.74 Å². The second-order valence-corrected chi connectivity index (χ2v) is 10.6. The molecule has 8 nitrogen and oxygen atoms in total. The number of carbonyl (C=O) groups excluding carboxylic acids is 3. The third kappa shape index (κ3) is 5.90. The van der Waals surface area contributed by atoms with Gasteiger partial charge in [0.2, 0.25) is 21.7 Å². The van der Waals surface area contributed by atoms with Crippen molar-refractivity contribution in [1.82, 2.24) is 4.31 Å². The molecular formula is C25H30N2O6S. The van der Waals surface area contributed by atoms with Crippen LogP contribution in [-0.2, 0) is 24.3 Å². The van der Waals surface area contributed by atoms with Gasteiger partial charge in [-0.25, -0.2) is 8.42 Å². The van der Waals surface area contributed by atoms with Gasteiger partial charge in [-0.15, -0.1) is 0 Å². The lowest BCUT2D eigenvalue weighted by Gasteiger charge is -2.30. The predicted octanol–water partition coefficient (Wildman–Crippen LogP) is 3.48. The average molecular weight is 487 g/mol. The third-order valence-corrected chi connectivity index (χ3v) is 7.95. The van der Waals surface area contributed by atoms with Crippen LogP contribution in [0.1, 0.15) is 48.2 Å². The molecule has 0 unspecified atom stereocenters. The monoisotopic (exact) mass is 486 g/mol. The molecule has 0 bridgehead atoms. The molecule has 2 aromatic carbocycles. The number of ketones is 1. The number of rotatable bonds is 7. The molecule has 1 fully saturated rings. The van der Waals surface area contributed by atoms with Crippen LogP contribution in [0, 0.1) is 19.8 Å². The number of ether oxygens (including phenoxy) is 1. The van der Waals surface area contributed by atoms with Crippen molar-refractivity contribution in [3.8, 4) is 0 Å². The molecule has 3 rings (SSSR count). The highest BCUT2D eigenvalue weighted by Crippen LogP contribution is 2.26. The molecule has 1 amide bonds. The maximum absolute atomic E-state index is 13.0. The molecular weight excluding hydrogens is 456 g/mol. The lowest BCUT2D eigenvalue weighted by molar-refractivity contribution is -0.152. The van der Waals surface area contributed by atoms with E-state index in [0.717, 1.165) is 11.1 Å². The minimum Gasteiger partial charge on any atom is -0.454 e. The highest BCUT2D eigenvalue weighted by molar-refractivity contribution is 7.89. The Kier molecular flexibility index (Phi) is 7.89. The van der Waals surface area contributed by atoms with E-state index in [1.54, 1.807) is 42.5 Å². The quantitative estimate of drug-likeness (QED) is 0.474. The number of anilines is 1. The van der Waals surface area contributed by atoms with Gasteiger partial charge >= 0.3 is 5.97 Å². The molecule has 34 heavy (non-hydrogen) atoms. The van der Waals surface area contributed by atoms with E-state index in [0.29, 0.717) is 24.1 Å². The fraction of sp³-hybridized carbons (Fsp3) is 0.400. The maximum Gasteiger partial charge on any atom is 0.309 e. The van der Waals surface area contributed by atoms with Crippen LogP contribution in [-0.4, -0.2) is 49.6 Å². The first-order chi connectivity index (χ1) is 16.0. The van der Waals surface area contributed by atoms with Crippen molar-refractivity contribution in [2.24, 2.45) is 5.92 Å². The summed E-state index contributed by atoms with van der Waals surface area (Å²) in [6.07, 6.45) is -0.318. The maximum atomic E-state index is 13.0. The number of nitrogens with one attached hydrogen (secondary N) is 1. The summed E-state index contributed by atoms with van der Waals surface area (Å²) >= 11 is 0. The molecule has 0 aromatic heterocycles. The molecule has 1 aliphatic rings. The molecule has 0 radical (unpaired) electrons. The van der Waals surface area contributed by atoms with Crippen molar-refractivity contribution in [3.63, 3.8) is 0 Å². The third-order valence-electron chi connectivity index (χ3n) is 6.06. The molecule has 0 saturated carbocycles. The van der Waals surface area contributed by atoms with Crippen LogP contribution in [0.15, 0.2) is 47.4 Å². The second-order valence-electron chi connectivity index (χ2n) is 8.63. The number of hydrogen-bond donors (Lipinski definition) is 1. The van der Waals surface area contributed by atoms with Gasteiger partial charge in [0.25, 0.3) is 0 Å². The number of Topliss-reactive ketones (excluding diaryl/α,β-unsaturated/α-hetero) is 1. The van der Waals surface area contributed by atoms with Crippen LogP contribution < -0.4 is 5.32 Å². The average Bonchev–Trinajstić information content (AvgIpc) is 2.80. The summed E-state index contributed by atoms with van der Waals surface area (Å²) in [7, 11) is -3.63. The fourth-order valence-corrected chi connectivity index (χ4v) is 5.39. The zero-order valence-electron chi connectivity index (χ0n) is 19.8. The largest absolute Gasteiger partial charge is 0.454 e. The van der Waals surface area contributed by atoms with Gasteiger partial charge in [-0.1, -0.05) is 6.07 Å². The molecule has 0 spiro atoms. The Bertz CT molecular complexity index is 1180. The summed E-state index contributed by atoms with van der Waals surface area (Å²) in [6, 6.07) is 11.4. The van der Waals surface area contributed by atoms with Crippen molar-refractivity contribution in [2.75, 3.05) is 18.4 Å². The zero-order chi connectivity index (χ0) is 25.0. The first-order valence-electron chi connectivity index (χ1n) is 11.2. The number of nitrogens with zero attached hydrogens (tertiary/aromatic N) is 1. The minimum absolute atomic E-state index is 0.210. The number of aryl methyl sites for hydroxylation is 2. The van der Waals surface area contributed by atoms with E-state index < -0.39 is 28.0 Å². The van der Waals surface area contributed by atoms with Gasteiger partial charge < -0.3 is 10.1 Å². The molecule has 1 heterocycles. The van der Waals surface area contributed by atoms with Crippen molar-refractivity contribution in [1.29, 1.82) is 0 Å². The first-order valence-corrected chi connectivity index (χ1v) is 12.6. The molecule has 2 aromatic rings. The number of benzene rings is 2.